The minimum Gasteiger partial charge on any atom is -0.398 e. The monoisotopic (exact) mass is 305 g/mol. The molecule has 0 amide bonds. The van der Waals surface area contributed by atoms with Crippen LogP contribution in [-0.4, -0.2) is 24.7 Å². The first-order chi connectivity index (χ1) is 9.92. The van der Waals surface area contributed by atoms with Gasteiger partial charge in [0.25, 0.3) is 0 Å². The van der Waals surface area contributed by atoms with Crippen molar-refractivity contribution in [1.29, 1.82) is 5.26 Å². The lowest BCUT2D eigenvalue weighted by molar-refractivity contribution is 0.561. The molecule has 0 aliphatic rings. The van der Waals surface area contributed by atoms with E-state index in [0.29, 0.717) is 12.1 Å². The minimum absolute atomic E-state index is 0.0295. The largest absolute Gasteiger partial charge is 0.398 e. The lowest BCUT2D eigenvalue weighted by Gasteiger charge is -2.09. The van der Waals surface area contributed by atoms with Crippen LogP contribution in [0.5, 0.6) is 0 Å². The van der Waals surface area contributed by atoms with Crippen LogP contribution in [0.4, 0.5) is 5.69 Å². The van der Waals surface area contributed by atoms with Crippen molar-refractivity contribution in [3.05, 3.63) is 41.7 Å². The number of nitrogens with zero attached hydrogens (tertiary/aromatic N) is 3. The summed E-state index contributed by atoms with van der Waals surface area (Å²) in [6.45, 7) is 2.53. The number of aromatic nitrogens is 2. The summed E-state index contributed by atoms with van der Waals surface area (Å²) in [6.07, 6.45) is 3.53. The normalized spacial score (nSPS) is 11.2. The van der Waals surface area contributed by atoms with Crippen molar-refractivity contribution in [2.75, 3.05) is 12.3 Å². The van der Waals surface area contributed by atoms with Gasteiger partial charge in [-0.05, 0) is 30.7 Å². The Balaban J connectivity index is 2.06. The molecular weight excluding hydrogens is 290 g/mol. The zero-order valence-corrected chi connectivity index (χ0v) is 12.3. The molecule has 110 valence electrons. The van der Waals surface area contributed by atoms with Crippen molar-refractivity contribution in [2.45, 2.75) is 18.4 Å². The predicted octanol–water partition coefficient (Wildman–Crippen LogP) is 0.624. The molecule has 0 spiro atoms. The quantitative estimate of drug-likeness (QED) is 0.786. The van der Waals surface area contributed by atoms with E-state index in [1.54, 1.807) is 10.9 Å². The van der Waals surface area contributed by atoms with Crippen molar-refractivity contribution in [3.8, 4) is 6.07 Å². The number of nitrogen functional groups attached to an aromatic ring is 1. The Morgan fingerprint density at radius 1 is 1.48 bits per heavy atom. The lowest BCUT2D eigenvalue weighted by Crippen LogP contribution is -2.28. The first-order valence-electron chi connectivity index (χ1n) is 6.21. The summed E-state index contributed by atoms with van der Waals surface area (Å²) < 4.78 is 28.4. The number of aryl methyl sites for hydroxylation is 1. The molecule has 1 heterocycles. The van der Waals surface area contributed by atoms with Gasteiger partial charge < -0.3 is 5.73 Å². The number of hydrogen-bond acceptors (Lipinski definition) is 5. The summed E-state index contributed by atoms with van der Waals surface area (Å²) in [5.41, 5.74) is 7.06. The number of nitrogens with two attached hydrogens (primary N) is 1. The molecule has 7 nitrogen and oxygen atoms in total. The fraction of sp³-hybridized carbons (Fsp3) is 0.231. The van der Waals surface area contributed by atoms with Gasteiger partial charge in [-0.2, -0.15) is 10.4 Å². The van der Waals surface area contributed by atoms with Crippen LogP contribution in [0.25, 0.3) is 0 Å². The number of rotatable bonds is 5. The molecule has 0 aliphatic carbocycles. The van der Waals surface area contributed by atoms with Crippen LogP contribution in [0, 0.1) is 18.3 Å². The zero-order valence-electron chi connectivity index (χ0n) is 11.4. The van der Waals surface area contributed by atoms with E-state index in [1.165, 1.54) is 18.2 Å². The Hall–Kier alpha value is -2.37. The van der Waals surface area contributed by atoms with Crippen LogP contribution in [0.2, 0.25) is 0 Å². The van der Waals surface area contributed by atoms with Gasteiger partial charge in [0, 0.05) is 12.7 Å². The van der Waals surface area contributed by atoms with Gasteiger partial charge >= 0.3 is 0 Å². The Labute approximate surface area is 123 Å². The van der Waals surface area contributed by atoms with E-state index in [-0.39, 0.29) is 17.1 Å². The van der Waals surface area contributed by atoms with Crippen LogP contribution < -0.4 is 10.5 Å². The molecule has 0 radical (unpaired) electrons. The molecule has 0 fully saturated rings. The molecule has 21 heavy (non-hydrogen) atoms. The molecule has 0 unspecified atom stereocenters. The smallest absolute Gasteiger partial charge is 0.242 e. The Morgan fingerprint density at radius 3 is 2.81 bits per heavy atom. The summed E-state index contributed by atoms with van der Waals surface area (Å²) in [7, 11) is -3.70. The van der Waals surface area contributed by atoms with Crippen molar-refractivity contribution < 1.29 is 8.42 Å². The average Bonchev–Trinajstić information content (AvgIpc) is 2.83. The van der Waals surface area contributed by atoms with Crippen molar-refractivity contribution in [1.82, 2.24) is 14.5 Å². The summed E-state index contributed by atoms with van der Waals surface area (Å²) in [5.74, 6) is 0. The molecule has 0 aliphatic heterocycles. The Kier molecular flexibility index (Phi) is 4.26. The topological polar surface area (TPSA) is 114 Å². The maximum absolute atomic E-state index is 12.1. The molecule has 0 atom stereocenters. The maximum atomic E-state index is 12.1. The van der Waals surface area contributed by atoms with E-state index in [9.17, 15) is 8.42 Å². The van der Waals surface area contributed by atoms with E-state index in [4.69, 9.17) is 11.0 Å². The fourth-order valence-corrected chi connectivity index (χ4v) is 2.96. The SMILES string of the molecule is Cc1cnn(CCNS(=O)(=O)c2ccc(C#N)cc2N)c1. The molecule has 0 bridgehead atoms. The third-order valence-electron chi connectivity index (χ3n) is 2.82. The highest BCUT2D eigenvalue weighted by Crippen LogP contribution is 2.19. The van der Waals surface area contributed by atoms with Crippen LogP contribution in [-0.2, 0) is 16.6 Å². The Bertz CT molecular complexity index is 789. The second-order valence-electron chi connectivity index (χ2n) is 4.54. The number of nitrogens with one attached hydrogen (secondary N) is 1. The molecule has 1 aromatic carbocycles. The van der Waals surface area contributed by atoms with Gasteiger partial charge in [0.2, 0.25) is 10.0 Å². The number of anilines is 1. The molecule has 2 aromatic rings. The average molecular weight is 305 g/mol. The summed E-state index contributed by atoms with van der Waals surface area (Å²) in [5, 5.41) is 12.8. The molecule has 0 saturated heterocycles. The molecule has 3 N–H and O–H groups in total. The van der Waals surface area contributed by atoms with Gasteiger partial charge in [0.05, 0.1) is 30.1 Å². The van der Waals surface area contributed by atoms with Crippen molar-refractivity contribution >= 4 is 15.7 Å². The van der Waals surface area contributed by atoms with Gasteiger partial charge in [0.1, 0.15) is 4.90 Å². The fourth-order valence-electron chi connectivity index (χ4n) is 1.82. The first kappa shape index (κ1) is 15.0. The summed E-state index contributed by atoms with van der Waals surface area (Å²) in [6, 6.07) is 5.99. The molecular formula is C13H15N5O2S. The third-order valence-corrected chi connectivity index (χ3v) is 4.36. The van der Waals surface area contributed by atoms with Crippen molar-refractivity contribution in [3.63, 3.8) is 0 Å². The Morgan fingerprint density at radius 2 is 2.24 bits per heavy atom. The van der Waals surface area contributed by atoms with Gasteiger partial charge in [-0.3, -0.25) is 4.68 Å². The number of sulfonamides is 1. The summed E-state index contributed by atoms with van der Waals surface area (Å²) in [4.78, 5) is -0.0295. The highest BCUT2D eigenvalue weighted by molar-refractivity contribution is 7.89. The van der Waals surface area contributed by atoms with Gasteiger partial charge in [-0.25, -0.2) is 13.1 Å². The number of nitriles is 1. The van der Waals surface area contributed by atoms with E-state index < -0.39 is 10.0 Å². The van der Waals surface area contributed by atoms with Gasteiger partial charge in [-0.1, -0.05) is 0 Å². The predicted molar refractivity (Wildman–Crippen MR) is 77.7 cm³/mol. The van der Waals surface area contributed by atoms with E-state index in [1.807, 2.05) is 19.2 Å². The minimum atomic E-state index is -3.70. The van der Waals surface area contributed by atoms with Crippen LogP contribution in [0.15, 0.2) is 35.5 Å². The molecule has 8 heteroatoms. The van der Waals surface area contributed by atoms with Gasteiger partial charge in [-0.15, -0.1) is 0 Å². The van der Waals surface area contributed by atoms with Crippen molar-refractivity contribution in [2.24, 2.45) is 0 Å². The van der Waals surface area contributed by atoms with E-state index >= 15 is 0 Å². The molecule has 1 aromatic heterocycles. The second kappa shape index (κ2) is 5.95. The standard InChI is InChI=1S/C13H15N5O2S/c1-10-8-16-18(9-10)5-4-17-21(19,20)13-3-2-11(7-14)6-12(13)15/h2-3,6,8-9,17H,4-5,15H2,1H3. The molecule has 0 saturated carbocycles. The number of benzene rings is 1. The van der Waals surface area contributed by atoms with Gasteiger partial charge in [0.15, 0.2) is 0 Å². The van der Waals surface area contributed by atoms with E-state index in [0.717, 1.165) is 5.56 Å². The van der Waals surface area contributed by atoms with Crippen LogP contribution in [0.1, 0.15) is 11.1 Å². The highest BCUT2D eigenvalue weighted by atomic mass is 32.2. The zero-order chi connectivity index (χ0) is 15.5. The highest BCUT2D eigenvalue weighted by Gasteiger charge is 2.17. The second-order valence-corrected chi connectivity index (χ2v) is 6.28. The summed E-state index contributed by atoms with van der Waals surface area (Å²) >= 11 is 0. The van der Waals surface area contributed by atoms with E-state index in [2.05, 4.69) is 9.82 Å². The number of hydrogen-bond donors (Lipinski definition) is 2. The molecule has 2 rings (SSSR count). The van der Waals surface area contributed by atoms with Crippen LogP contribution in [0.3, 0.4) is 0 Å². The maximum Gasteiger partial charge on any atom is 0.242 e. The van der Waals surface area contributed by atoms with Crippen LogP contribution >= 0.6 is 0 Å². The third kappa shape index (κ3) is 3.59. The lowest BCUT2D eigenvalue weighted by atomic mass is 10.2. The first-order valence-corrected chi connectivity index (χ1v) is 7.69.